The van der Waals surface area contributed by atoms with Gasteiger partial charge in [0.1, 0.15) is 12.2 Å². The summed E-state index contributed by atoms with van der Waals surface area (Å²) in [5, 5.41) is 0. The molecule has 0 spiro atoms. The molecule has 0 bridgehead atoms. The Morgan fingerprint density at radius 2 is 1.06 bits per heavy atom. The van der Waals surface area contributed by atoms with E-state index in [0.29, 0.717) is 11.1 Å². The summed E-state index contributed by atoms with van der Waals surface area (Å²) >= 11 is 0. The minimum absolute atomic E-state index is 0. The normalized spacial score (nSPS) is 7.61. The molecule has 0 N–H and O–H groups in total. The first kappa shape index (κ1) is 46.6. The zero-order valence-corrected chi connectivity index (χ0v) is 14.7. The average Bonchev–Trinajstić information content (AvgIpc) is 2.57. The summed E-state index contributed by atoms with van der Waals surface area (Å²) in [5.41, 5.74) is 0.968. The highest BCUT2D eigenvalue weighted by Crippen LogP contribution is 2.06. The third-order valence-corrected chi connectivity index (χ3v) is 2.57. The maximum atomic E-state index is 11.3. The fourth-order valence-corrected chi connectivity index (χ4v) is 1.42. The second-order valence-corrected chi connectivity index (χ2v) is 4.77. The van der Waals surface area contributed by atoms with Crippen molar-refractivity contribution in [3.05, 3.63) is 35.4 Å². The van der Waals surface area contributed by atoms with E-state index >= 15 is 0 Å². The second kappa shape index (κ2) is 27.4. The molecule has 1 aromatic rings. The fraction of sp³-hybridized carbons (Fsp3) is 0.565. The van der Waals surface area contributed by atoms with Gasteiger partial charge in [-0.3, -0.25) is 14.4 Å². The Labute approximate surface area is 190 Å². The second-order valence-electron chi connectivity index (χ2n) is 4.77. The number of ether oxygens (including phenoxy) is 4. The number of Topliss-reactive ketones (excluding diaryl/α,β-unsaturated/α-hetero) is 2. The van der Waals surface area contributed by atoms with Gasteiger partial charge < -0.3 is 18.9 Å². The molecule has 8 nitrogen and oxygen atoms in total. The van der Waals surface area contributed by atoms with Crippen LogP contribution in [-0.4, -0.2) is 51.3 Å². The molecule has 0 aliphatic rings. The third kappa shape index (κ3) is 23.6. The molecule has 0 atom stereocenters. The molecule has 0 amide bonds. The monoisotopic (exact) mass is 450 g/mol. The first-order chi connectivity index (χ1) is 11.8. The number of esters is 2. The summed E-state index contributed by atoms with van der Waals surface area (Å²) in [6.07, 6.45) is -0.177. The summed E-state index contributed by atoms with van der Waals surface area (Å²) < 4.78 is 18.2. The molecule has 0 heterocycles. The van der Waals surface area contributed by atoms with Gasteiger partial charge in [0.05, 0.1) is 5.56 Å². The minimum atomic E-state index is -0.547. The van der Waals surface area contributed by atoms with E-state index < -0.39 is 11.9 Å². The molecule has 31 heavy (non-hydrogen) atoms. The van der Waals surface area contributed by atoms with Crippen LogP contribution in [0.1, 0.15) is 85.5 Å². The molecule has 8 heteroatoms. The summed E-state index contributed by atoms with van der Waals surface area (Å²) in [7, 11) is 2.84. The van der Waals surface area contributed by atoms with Crippen LogP contribution in [0, 0.1) is 0 Å². The lowest BCUT2D eigenvalue weighted by atomic mass is 10.1. The summed E-state index contributed by atoms with van der Waals surface area (Å²) in [5.74, 6) is -1.26. The first-order valence-corrected chi connectivity index (χ1v) is 7.22. The standard InChI is InChI=1S/C11H12O4.C6H10O4.6CH4/c1-8(12)9-3-5-10(6-4-9)11(13)15-7-14-2;1-5(7)3-6(8)10-4-9-2;;;;;;/h3-6H,7H2,1-2H3;3-4H2,1-2H3;6*1H4. The van der Waals surface area contributed by atoms with E-state index in [4.69, 9.17) is 4.74 Å². The van der Waals surface area contributed by atoms with Crippen LogP contribution in [0.4, 0.5) is 0 Å². The molecule has 1 rings (SSSR count). The SMILES string of the molecule is C.C.C.C.C.C.COCOC(=O)CC(C)=O.COCOC(=O)c1ccc(C(C)=O)cc1. The van der Waals surface area contributed by atoms with Crippen molar-refractivity contribution in [2.75, 3.05) is 27.8 Å². The smallest absolute Gasteiger partial charge is 0.340 e. The number of methoxy groups -OCH3 is 2. The van der Waals surface area contributed by atoms with Gasteiger partial charge in [-0.1, -0.05) is 56.7 Å². The highest BCUT2D eigenvalue weighted by Gasteiger charge is 2.07. The number of benzene rings is 1. The van der Waals surface area contributed by atoms with Crippen molar-refractivity contribution in [3.63, 3.8) is 0 Å². The van der Waals surface area contributed by atoms with E-state index in [0.717, 1.165) is 0 Å². The number of carbonyl (C=O) groups excluding carboxylic acids is 4. The van der Waals surface area contributed by atoms with Crippen molar-refractivity contribution in [3.8, 4) is 0 Å². The van der Waals surface area contributed by atoms with Crippen molar-refractivity contribution in [1.29, 1.82) is 0 Å². The van der Waals surface area contributed by atoms with Gasteiger partial charge in [0.2, 0.25) is 0 Å². The van der Waals surface area contributed by atoms with Gasteiger partial charge in [0.15, 0.2) is 19.4 Å². The van der Waals surface area contributed by atoms with Crippen molar-refractivity contribution in [1.82, 2.24) is 0 Å². The molecule has 1 aromatic carbocycles. The molecule has 186 valence electrons. The molecule has 0 aliphatic heterocycles. The van der Waals surface area contributed by atoms with E-state index in [1.54, 1.807) is 24.3 Å². The first-order valence-electron chi connectivity index (χ1n) is 7.22. The van der Waals surface area contributed by atoms with Crippen molar-refractivity contribution in [2.45, 2.75) is 64.8 Å². The van der Waals surface area contributed by atoms with Crippen molar-refractivity contribution >= 4 is 23.5 Å². The molecule has 0 saturated heterocycles. The zero-order chi connectivity index (χ0) is 19.2. The van der Waals surface area contributed by atoms with E-state index in [9.17, 15) is 19.2 Å². The minimum Gasteiger partial charge on any atom is -0.438 e. The molecular weight excluding hydrogens is 404 g/mol. The third-order valence-electron chi connectivity index (χ3n) is 2.57. The van der Waals surface area contributed by atoms with Gasteiger partial charge in [0.25, 0.3) is 0 Å². The maximum Gasteiger partial charge on any atom is 0.340 e. The molecular formula is C23H46O8. The number of hydrogen-bond donors (Lipinski definition) is 0. The molecule has 0 fully saturated rings. The molecule has 0 unspecified atom stereocenters. The van der Waals surface area contributed by atoms with Gasteiger partial charge in [-0.15, -0.1) is 0 Å². The average molecular weight is 451 g/mol. The Hall–Kier alpha value is -2.58. The van der Waals surface area contributed by atoms with Gasteiger partial charge in [-0.2, -0.15) is 0 Å². The van der Waals surface area contributed by atoms with Crippen LogP contribution in [0.15, 0.2) is 24.3 Å². The number of ketones is 2. The quantitative estimate of drug-likeness (QED) is 0.219. The van der Waals surface area contributed by atoms with Crippen LogP contribution in [0.25, 0.3) is 0 Å². The van der Waals surface area contributed by atoms with Crippen LogP contribution >= 0.6 is 0 Å². The highest BCUT2D eigenvalue weighted by molar-refractivity contribution is 5.96. The molecule has 0 saturated carbocycles. The van der Waals surface area contributed by atoms with Gasteiger partial charge in [0, 0.05) is 19.8 Å². The van der Waals surface area contributed by atoms with E-state index in [-0.39, 0.29) is 76.1 Å². The summed E-state index contributed by atoms with van der Waals surface area (Å²) in [4.78, 5) is 43.0. The number of carbonyl (C=O) groups is 4. The zero-order valence-electron chi connectivity index (χ0n) is 14.7. The lowest BCUT2D eigenvalue weighted by Crippen LogP contribution is -2.10. The largest absolute Gasteiger partial charge is 0.438 e. The predicted molar refractivity (Wildman–Crippen MR) is 127 cm³/mol. The summed E-state index contributed by atoms with van der Waals surface area (Å²) in [6, 6.07) is 6.28. The Morgan fingerprint density at radius 1 is 0.677 bits per heavy atom. The Morgan fingerprint density at radius 3 is 1.42 bits per heavy atom. The summed E-state index contributed by atoms with van der Waals surface area (Å²) in [6.45, 7) is 2.63. The van der Waals surface area contributed by atoms with E-state index in [1.165, 1.54) is 28.1 Å². The van der Waals surface area contributed by atoms with E-state index in [1.807, 2.05) is 0 Å². The Kier molecular flexibility index (Phi) is 41.2. The lowest BCUT2D eigenvalue weighted by Gasteiger charge is -2.03. The van der Waals surface area contributed by atoms with Crippen LogP contribution < -0.4 is 0 Å². The van der Waals surface area contributed by atoms with Crippen LogP contribution in [0.3, 0.4) is 0 Å². The Bertz CT molecular complexity index is 580. The maximum absolute atomic E-state index is 11.3. The van der Waals surface area contributed by atoms with Gasteiger partial charge in [-0.25, -0.2) is 4.79 Å². The van der Waals surface area contributed by atoms with Gasteiger partial charge in [-0.05, 0) is 26.0 Å². The predicted octanol–water partition coefficient (Wildman–Crippen LogP) is 5.58. The van der Waals surface area contributed by atoms with Crippen LogP contribution in [0.5, 0.6) is 0 Å². The van der Waals surface area contributed by atoms with Gasteiger partial charge >= 0.3 is 11.9 Å². The van der Waals surface area contributed by atoms with Crippen molar-refractivity contribution in [2.24, 2.45) is 0 Å². The molecule has 0 radical (unpaired) electrons. The number of rotatable bonds is 8. The lowest BCUT2D eigenvalue weighted by molar-refractivity contribution is -0.155. The molecule has 0 aliphatic carbocycles. The topological polar surface area (TPSA) is 105 Å². The fourth-order valence-electron chi connectivity index (χ4n) is 1.42. The highest BCUT2D eigenvalue weighted by atomic mass is 16.7. The molecule has 0 aromatic heterocycles. The van der Waals surface area contributed by atoms with Crippen LogP contribution in [0.2, 0.25) is 0 Å². The van der Waals surface area contributed by atoms with E-state index in [2.05, 4.69) is 14.2 Å². The Balaban J connectivity index is -0.0000000656. The number of hydrogen-bond acceptors (Lipinski definition) is 8. The van der Waals surface area contributed by atoms with Crippen LogP contribution in [-0.2, 0) is 28.5 Å². The van der Waals surface area contributed by atoms with Crippen molar-refractivity contribution < 1.29 is 38.1 Å².